The van der Waals surface area contributed by atoms with Gasteiger partial charge < -0.3 is 10.2 Å². The Hall–Kier alpha value is -3.00. The lowest BCUT2D eigenvalue weighted by Gasteiger charge is -2.15. The van der Waals surface area contributed by atoms with Gasteiger partial charge in [-0.3, -0.25) is 18.9 Å². The van der Waals surface area contributed by atoms with Crippen LogP contribution in [-0.2, 0) is 6.54 Å². The fourth-order valence-electron chi connectivity index (χ4n) is 2.55. The summed E-state index contributed by atoms with van der Waals surface area (Å²) in [5.74, 6) is -1.04. The Bertz CT molecular complexity index is 1000. The smallest absolute Gasteiger partial charge is 0.271 e. The number of aromatic amines is 1. The van der Waals surface area contributed by atoms with Gasteiger partial charge >= 0.3 is 0 Å². The Morgan fingerprint density at radius 3 is 2.70 bits per heavy atom. The number of anilines is 2. The van der Waals surface area contributed by atoms with E-state index in [9.17, 15) is 14.0 Å². The number of H-pyrrole nitrogens is 1. The van der Waals surface area contributed by atoms with E-state index in [1.165, 1.54) is 12.1 Å². The highest BCUT2D eigenvalue weighted by Gasteiger charge is 2.23. The lowest BCUT2D eigenvalue weighted by Crippen LogP contribution is -2.21. The van der Waals surface area contributed by atoms with Crippen LogP contribution in [0.1, 0.15) is 28.4 Å². The molecule has 0 radical (unpaired) electrons. The molecule has 6 nitrogen and oxygen atoms in total. The number of rotatable bonds is 7. The van der Waals surface area contributed by atoms with Crippen molar-refractivity contribution in [1.82, 2.24) is 9.36 Å². The van der Waals surface area contributed by atoms with E-state index in [0.29, 0.717) is 18.1 Å². The lowest BCUT2D eigenvalue weighted by atomic mass is 10.0. The number of halogens is 1. The van der Waals surface area contributed by atoms with Gasteiger partial charge in [0.2, 0.25) is 5.78 Å². The maximum absolute atomic E-state index is 14.5. The average Bonchev–Trinajstić information content (AvgIpc) is 3.08. The number of carbonyl (C=O) groups is 1. The molecule has 0 bridgehead atoms. The molecule has 0 aliphatic rings. The van der Waals surface area contributed by atoms with Crippen molar-refractivity contribution in [1.29, 1.82) is 0 Å². The second-order valence-corrected chi connectivity index (χ2v) is 6.76. The van der Waals surface area contributed by atoms with Crippen molar-refractivity contribution in [2.45, 2.75) is 13.5 Å². The highest BCUT2D eigenvalue weighted by molar-refractivity contribution is 7.10. The van der Waals surface area contributed by atoms with Crippen molar-refractivity contribution in [2.24, 2.45) is 0 Å². The fraction of sp³-hybridized carbons (Fsp3) is 0.211. The topological polar surface area (TPSA) is 78.1 Å². The number of ketones is 1. The first-order valence-electron chi connectivity index (χ1n) is 8.41. The fourth-order valence-corrected chi connectivity index (χ4v) is 3.41. The highest BCUT2D eigenvalue weighted by Crippen LogP contribution is 2.25. The SMILES string of the molecule is CCN(C)c1s[nH]c(=O)c1C(=O)c1ccc(NCc2ccncc2)c(F)c1. The monoisotopic (exact) mass is 386 g/mol. The molecular formula is C19H19FN4O2S. The zero-order chi connectivity index (χ0) is 19.4. The summed E-state index contributed by atoms with van der Waals surface area (Å²) in [6, 6.07) is 7.85. The van der Waals surface area contributed by atoms with Crippen molar-refractivity contribution in [3.8, 4) is 0 Å². The molecule has 0 unspecified atom stereocenters. The normalized spacial score (nSPS) is 10.6. The van der Waals surface area contributed by atoms with Gasteiger partial charge in [0.25, 0.3) is 5.56 Å². The maximum atomic E-state index is 14.5. The second kappa shape index (κ2) is 8.13. The highest BCUT2D eigenvalue weighted by atomic mass is 32.1. The molecule has 8 heteroatoms. The summed E-state index contributed by atoms with van der Waals surface area (Å²) in [7, 11) is 1.79. The van der Waals surface area contributed by atoms with Crippen LogP contribution >= 0.6 is 11.5 Å². The largest absolute Gasteiger partial charge is 0.379 e. The molecule has 140 valence electrons. The average molecular weight is 386 g/mol. The molecule has 0 saturated heterocycles. The van der Waals surface area contributed by atoms with E-state index >= 15 is 0 Å². The van der Waals surface area contributed by atoms with Gasteiger partial charge in [0.05, 0.1) is 5.69 Å². The minimum absolute atomic E-state index is 0.0428. The summed E-state index contributed by atoms with van der Waals surface area (Å²) in [5, 5.41) is 3.54. The van der Waals surface area contributed by atoms with Crippen molar-refractivity contribution < 1.29 is 9.18 Å². The summed E-state index contributed by atoms with van der Waals surface area (Å²) in [6.07, 6.45) is 3.33. The molecule has 1 aromatic carbocycles. The number of nitrogens with zero attached hydrogens (tertiary/aromatic N) is 2. The molecule has 0 spiro atoms. The molecule has 0 aliphatic heterocycles. The second-order valence-electron chi connectivity index (χ2n) is 5.96. The number of hydrogen-bond acceptors (Lipinski definition) is 6. The van der Waals surface area contributed by atoms with Crippen molar-refractivity contribution in [2.75, 3.05) is 23.8 Å². The van der Waals surface area contributed by atoms with Crippen LogP contribution in [-0.4, -0.2) is 28.7 Å². The lowest BCUT2D eigenvalue weighted by molar-refractivity contribution is 0.103. The third kappa shape index (κ3) is 4.06. The molecule has 0 saturated carbocycles. The molecule has 2 aromatic heterocycles. The molecule has 2 heterocycles. The minimum atomic E-state index is -0.549. The first kappa shape index (κ1) is 18.8. The number of aromatic nitrogens is 2. The van der Waals surface area contributed by atoms with Crippen LogP contribution in [0.3, 0.4) is 0 Å². The molecule has 27 heavy (non-hydrogen) atoms. The van der Waals surface area contributed by atoms with Crippen molar-refractivity contribution >= 4 is 28.0 Å². The van der Waals surface area contributed by atoms with Gasteiger partial charge in [-0.2, -0.15) is 0 Å². The predicted octanol–water partition coefficient (Wildman–Crippen LogP) is 3.27. The van der Waals surface area contributed by atoms with Crippen LogP contribution in [0.4, 0.5) is 15.1 Å². The number of benzene rings is 1. The minimum Gasteiger partial charge on any atom is -0.379 e. The summed E-state index contributed by atoms with van der Waals surface area (Å²) in [4.78, 5) is 30.6. The van der Waals surface area contributed by atoms with Gasteiger partial charge in [-0.05, 0) is 54.4 Å². The molecule has 0 aliphatic carbocycles. The van der Waals surface area contributed by atoms with E-state index in [-0.39, 0.29) is 16.8 Å². The van der Waals surface area contributed by atoms with Gasteiger partial charge in [-0.15, -0.1) is 0 Å². The quantitative estimate of drug-likeness (QED) is 0.610. The number of hydrogen-bond donors (Lipinski definition) is 2. The van der Waals surface area contributed by atoms with E-state index in [0.717, 1.165) is 23.2 Å². The zero-order valence-electron chi connectivity index (χ0n) is 15.0. The predicted molar refractivity (Wildman–Crippen MR) is 105 cm³/mol. The summed E-state index contributed by atoms with van der Waals surface area (Å²) in [6.45, 7) is 2.99. The van der Waals surface area contributed by atoms with Gasteiger partial charge in [-0.1, -0.05) is 0 Å². The molecule has 3 aromatic rings. The Morgan fingerprint density at radius 1 is 1.30 bits per heavy atom. The molecule has 0 amide bonds. The van der Waals surface area contributed by atoms with Crippen molar-refractivity contribution in [3.63, 3.8) is 0 Å². The Balaban J connectivity index is 1.82. The third-order valence-electron chi connectivity index (χ3n) is 4.19. The van der Waals surface area contributed by atoms with E-state index in [1.54, 1.807) is 24.3 Å². The van der Waals surface area contributed by atoms with Crippen LogP contribution in [0.25, 0.3) is 0 Å². The molecule has 0 atom stereocenters. The zero-order valence-corrected chi connectivity index (χ0v) is 15.8. The van der Waals surface area contributed by atoms with Crippen LogP contribution in [0.15, 0.2) is 47.5 Å². The van der Waals surface area contributed by atoms with Gasteiger partial charge in [0.15, 0.2) is 0 Å². The van der Waals surface area contributed by atoms with Gasteiger partial charge in [0, 0.05) is 38.1 Å². The van der Waals surface area contributed by atoms with Crippen LogP contribution in [0.2, 0.25) is 0 Å². The maximum Gasteiger partial charge on any atom is 0.271 e. The van der Waals surface area contributed by atoms with Crippen molar-refractivity contribution in [3.05, 3.63) is 75.6 Å². The van der Waals surface area contributed by atoms with Gasteiger partial charge in [-0.25, -0.2) is 4.39 Å². The molecular weight excluding hydrogens is 367 g/mol. The third-order valence-corrected chi connectivity index (χ3v) is 5.19. The number of carbonyl (C=O) groups excluding carboxylic acids is 1. The van der Waals surface area contributed by atoms with Crippen LogP contribution in [0.5, 0.6) is 0 Å². The first-order valence-corrected chi connectivity index (χ1v) is 9.22. The number of pyridine rings is 1. The standard InChI is InChI=1S/C19H19FN4O2S/c1-3-24(2)19-16(18(26)23-27-19)17(25)13-4-5-15(14(20)10-13)22-11-12-6-8-21-9-7-12/h4-10,22H,3,11H2,1-2H3,(H,23,26). The molecule has 3 rings (SSSR count). The van der Waals surface area contributed by atoms with Crippen LogP contribution < -0.4 is 15.8 Å². The van der Waals surface area contributed by atoms with Crippen LogP contribution in [0, 0.1) is 5.82 Å². The Morgan fingerprint density at radius 2 is 2.04 bits per heavy atom. The van der Waals surface area contributed by atoms with E-state index in [4.69, 9.17) is 0 Å². The Kier molecular flexibility index (Phi) is 5.66. The van der Waals surface area contributed by atoms with E-state index in [2.05, 4.69) is 14.7 Å². The van der Waals surface area contributed by atoms with Gasteiger partial charge in [0.1, 0.15) is 16.4 Å². The summed E-state index contributed by atoms with van der Waals surface area (Å²) >= 11 is 1.10. The molecule has 2 N–H and O–H groups in total. The molecule has 0 fully saturated rings. The van der Waals surface area contributed by atoms with E-state index < -0.39 is 17.2 Å². The van der Waals surface area contributed by atoms with E-state index in [1.807, 2.05) is 19.1 Å². The summed E-state index contributed by atoms with van der Waals surface area (Å²) in [5.41, 5.74) is 0.966. The summed E-state index contributed by atoms with van der Waals surface area (Å²) < 4.78 is 17.0. The Labute approximate surface area is 159 Å². The first-order chi connectivity index (χ1) is 13.0. The number of nitrogens with one attached hydrogen (secondary N) is 2.